The van der Waals surface area contributed by atoms with Crippen molar-refractivity contribution in [1.82, 2.24) is 0 Å². The van der Waals surface area contributed by atoms with Crippen molar-refractivity contribution in [1.29, 1.82) is 0 Å². The number of para-hydroxylation sites is 1. The molecule has 1 atom stereocenters. The second kappa shape index (κ2) is 6.06. The van der Waals surface area contributed by atoms with E-state index < -0.39 is 0 Å². The maximum absolute atomic E-state index is 13.5. The number of nitrogens with zero attached hydrogens (tertiary/aromatic N) is 1. The Labute approximate surface area is 120 Å². The third-order valence-electron chi connectivity index (χ3n) is 3.49. The van der Waals surface area contributed by atoms with Crippen LogP contribution in [-0.4, -0.2) is 6.54 Å². The first-order valence-electron chi connectivity index (χ1n) is 6.92. The van der Waals surface area contributed by atoms with Crippen molar-refractivity contribution in [3.05, 3.63) is 59.4 Å². The predicted molar refractivity (Wildman–Crippen MR) is 82.9 cm³/mol. The van der Waals surface area contributed by atoms with Crippen LogP contribution in [0.3, 0.4) is 0 Å². The molecule has 0 aliphatic rings. The van der Waals surface area contributed by atoms with Gasteiger partial charge in [-0.3, -0.25) is 0 Å². The molecule has 1 unspecified atom stereocenters. The third kappa shape index (κ3) is 2.83. The number of hydrogen-bond acceptors (Lipinski definition) is 2. The number of hydrogen-bond donors (Lipinski definition) is 1. The minimum Gasteiger partial charge on any atom is -0.341 e. The van der Waals surface area contributed by atoms with E-state index in [9.17, 15) is 4.39 Å². The number of nitrogens with two attached hydrogens (primary N) is 1. The lowest BCUT2D eigenvalue weighted by Crippen LogP contribution is -2.21. The maximum Gasteiger partial charge on any atom is 0.123 e. The summed E-state index contributed by atoms with van der Waals surface area (Å²) in [7, 11) is 0. The Balaban J connectivity index is 2.55. The van der Waals surface area contributed by atoms with Crippen LogP contribution in [-0.2, 0) is 0 Å². The summed E-state index contributed by atoms with van der Waals surface area (Å²) in [5.41, 5.74) is 10.1. The number of anilines is 2. The molecule has 2 aromatic carbocycles. The van der Waals surface area contributed by atoms with Crippen LogP contribution in [0.4, 0.5) is 15.8 Å². The van der Waals surface area contributed by atoms with Gasteiger partial charge in [0.2, 0.25) is 0 Å². The fourth-order valence-electron chi connectivity index (χ4n) is 2.47. The molecule has 0 amide bonds. The third-order valence-corrected chi connectivity index (χ3v) is 3.49. The maximum atomic E-state index is 13.5. The quantitative estimate of drug-likeness (QED) is 0.898. The summed E-state index contributed by atoms with van der Waals surface area (Å²) in [4.78, 5) is 2.17. The van der Waals surface area contributed by atoms with Crippen LogP contribution in [0.15, 0.2) is 42.5 Å². The molecule has 0 aliphatic carbocycles. The van der Waals surface area contributed by atoms with Gasteiger partial charge in [0.15, 0.2) is 0 Å². The Bertz CT molecular complexity index is 593. The average Bonchev–Trinajstić information content (AvgIpc) is 2.42. The molecule has 0 saturated carbocycles. The lowest BCUT2D eigenvalue weighted by atomic mass is 10.0. The van der Waals surface area contributed by atoms with Crippen LogP contribution in [0.25, 0.3) is 0 Å². The van der Waals surface area contributed by atoms with Gasteiger partial charge in [-0.05, 0) is 56.2 Å². The average molecular weight is 272 g/mol. The molecule has 0 aromatic heterocycles. The normalized spacial score (nSPS) is 12.2. The Morgan fingerprint density at radius 3 is 2.45 bits per heavy atom. The Hall–Kier alpha value is -1.87. The molecule has 0 fully saturated rings. The molecule has 0 saturated heterocycles. The highest BCUT2D eigenvalue weighted by Gasteiger charge is 2.16. The first-order chi connectivity index (χ1) is 9.54. The van der Waals surface area contributed by atoms with E-state index in [0.717, 1.165) is 23.5 Å². The molecule has 106 valence electrons. The lowest BCUT2D eigenvalue weighted by Gasteiger charge is -2.28. The smallest absolute Gasteiger partial charge is 0.123 e. The molecular weight excluding hydrogens is 251 g/mol. The molecule has 20 heavy (non-hydrogen) atoms. The zero-order valence-electron chi connectivity index (χ0n) is 12.2. The molecule has 0 radical (unpaired) electrons. The zero-order chi connectivity index (χ0) is 14.7. The van der Waals surface area contributed by atoms with Crippen LogP contribution in [0.2, 0.25) is 0 Å². The first kappa shape index (κ1) is 14.5. The standard InChI is InChI=1S/C17H21FN2/c1-4-20(16-8-6-5-7-12(16)2)17-10-9-14(18)11-15(17)13(3)19/h5-11,13H,4,19H2,1-3H3. The van der Waals surface area contributed by atoms with Crippen molar-refractivity contribution in [2.75, 3.05) is 11.4 Å². The zero-order valence-corrected chi connectivity index (χ0v) is 12.2. The molecular formula is C17H21FN2. The summed E-state index contributed by atoms with van der Waals surface area (Å²) in [5, 5.41) is 0. The van der Waals surface area contributed by atoms with E-state index in [0.29, 0.717) is 0 Å². The molecule has 0 spiro atoms. The van der Waals surface area contributed by atoms with Gasteiger partial charge in [-0.1, -0.05) is 18.2 Å². The van der Waals surface area contributed by atoms with Gasteiger partial charge in [0.05, 0.1) is 0 Å². The summed E-state index contributed by atoms with van der Waals surface area (Å²) < 4.78 is 13.5. The summed E-state index contributed by atoms with van der Waals surface area (Å²) >= 11 is 0. The van der Waals surface area contributed by atoms with Crippen molar-refractivity contribution in [3.8, 4) is 0 Å². The second-order valence-corrected chi connectivity index (χ2v) is 5.02. The second-order valence-electron chi connectivity index (χ2n) is 5.02. The molecule has 2 N–H and O–H groups in total. The number of aryl methyl sites for hydroxylation is 1. The van der Waals surface area contributed by atoms with E-state index >= 15 is 0 Å². The van der Waals surface area contributed by atoms with Crippen LogP contribution >= 0.6 is 0 Å². The van der Waals surface area contributed by atoms with Gasteiger partial charge in [0, 0.05) is 24.0 Å². The minimum absolute atomic E-state index is 0.209. The Morgan fingerprint density at radius 2 is 1.85 bits per heavy atom. The van der Waals surface area contributed by atoms with Gasteiger partial charge >= 0.3 is 0 Å². The highest BCUT2D eigenvalue weighted by atomic mass is 19.1. The molecule has 0 aliphatic heterocycles. The van der Waals surface area contributed by atoms with E-state index in [1.165, 1.54) is 17.7 Å². The molecule has 2 aromatic rings. The fourth-order valence-corrected chi connectivity index (χ4v) is 2.47. The molecule has 2 nitrogen and oxygen atoms in total. The lowest BCUT2D eigenvalue weighted by molar-refractivity contribution is 0.622. The minimum atomic E-state index is -0.248. The van der Waals surface area contributed by atoms with Crippen LogP contribution in [0.5, 0.6) is 0 Å². The summed E-state index contributed by atoms with van der Waals surface area (Å²) in [6.45, 7) is 6.84. The van der Waals surface area contributed by atoms with E-state index in [1.54, 1.807) is 0 Å². The van der Waals surface area contributed by atoms with Crippen molar-refractivity contribution in [3.63, 3.8) is 0 Å². The van der Waals surface area contributed by atoms with Gasteiger partial charge in [0.25, 0.3) is 0 Å². The van der Waals surface area contributed by atoms with E-state index in [2.05, 4.69) is 30.9 Å². The molecule has 0 bridgehead atoms. The highest BCUT2D eigenvalue weighted by molar-refractivity contribution is 5.69. The number of benzene rings is 2. The topological polar surface area (TPSA) is 29.3 Å². The number of rotatable bonds is 4. The Kier molecular flexibility index (Phi) is 4.40. The van der Waals surface area contributed by atoms with Gasteiger partial charge in [0.1, 0.15) is 5.82 Å². The Morgan fingerprint density at radius 1 is 1.15 bits per heavy atom. The van der Waals surface area contributed by atoms with E-state index in [1.807, 2.05) is 25.1 Å². The highest BCUT2D eigenvalue weighted by Crippen LogP contribution is 2.33. The van der Waals surface area contributed by atoms with Gasteiger partial charge in [-0.25, -0.2) is 4.39 Å². The van der Waals surface area contributed by atoms with Crippen molar-refractivity contribution in [2.24, 2.45) is 5.73 Å². The summed E-state index contributed by atoms with van der Waals surface area (Å²) in [5.74, 6) is -0.248. The van der Waals surface area contributed by atoms with E-state index in [-0.39, 0.29) is 11.9 Å². The van der Waals surface area contributed by atoms with Crippen molar-refractivity contribution >= 4 is 11.4 Å². The summed E-state index contributed by atoms with van der Waals surface area (Å²) in [6, 6.07) is 12.8. The predicted octanol–water partition coefficient (Wildman–Crippen LogP) is 4.31. The van der Waals surface area contributed by atoms with Crippen LogP contribution < -0.4 is 10.6 Å². The SMILES string of the molecule is CCN(c1ccccc1C)c1ccc(F)cc1C(C)N. The van der Waals surface area contributed by atoms with Crippen LogP contribution in [0.1, 0.15) is 31.0 Å². The monoisotopic (exact) mass is 272 g/mol. The number of halogens is 1. The van der Waals surface area contributed by atoms with Gasteiger partial charge in [-0.15, -0.1) is 0 Å². The molecule has 0 heterocycles. The van der Waals surface area contributed by atoms with Gasteiger partial charge in [-0.2, -0.15) is 0 Å². The van der Waals surface area contributed by atoms with Crippen LogP contribution in [0, 0.1) is 12.7 Å². The van der Waals surface area contributed by atoms with E-state index in [4.69, 9.17) is 5.73 Å². The first-order valence-corrected chi connectivity index (χ1v) is 6.92. The largest absolute Gasteiger partial charge is 0.341 e. The fraction of sp³-hybridized carbons (Fsp3) is 0.294. The van der Waals surface area contributed by atoms with Crippen molar-refractivity contribution < 1.29 is 4.39 Å². The molecule has 3 heteroatoms. The van der Waals surface area contributed by atoms with Crippen molar-refractivity contribution in [2.45, 2.75) is 26.8 Å². The molecule has 2 rings (SSSR count). The summed E-state index contributed by atoms with van der Waals surface area (Å²) in [6.07, 6.45) is 0. The van der Waals surface area contributed by atoms with Gasteiger partial charge < -0.3 is 10.6 Å².